The lowest BCUT2D eigenvalue weighted by Gasteiger charge is -2.33. The van der Waals surface area contributed by atoms with Gasteiger partial charge in [0.1, 0.15) is 11.8 Å². The van der Waals surface area contributed by atoms with Crippen molar-refractivity contribution in [2.45, 2.75) is 43.7 Å². The molecule has 0 bridgehead atoms. The molecule has 2 aromatic carbocycles. The first kappa shape index (κ1) is 21.0. The van der Waals surface area contributed by atoms with E-state index in [1.165, 1.54) is 15.9 Å². The van der Waals surface area contributed by atoms with Crippen LogP contribution in [-0.2, 0) is 32.6 Å². The van der Waals surface area contributed by atoms with Crippen molar-refractivity contribution < 1.29 is 22.7 Å². The Balaban J connectivity index is 1.42. The van der Waals surface area contributed by atoms with Gasteiger partial charge in [0.15, 0.2) is 6.61 Å². The van der Waals surface area contributed by atoms with Crippen LogP contribution in [0.1, 0.15) is 29.5 Å². The maximum Gasteiger partial charge on any atom is 0.262 e. The van der Waals surface area contributed by atoms with Gasteiger partial charge in [0.25, 0.3) is 5.91 Å². The minimum absolute atomic E-state index is 0.107. The second-order valence-corrected chi connectivity index (χ2v) is 10.4. The van der Waals surface area contributed by atoms with Crippen LogP contribution in [0.25, 0.3) is 0 Å². The third-order valence-electron chi connectivity index (χ3n) is 6.43. The number of hydrogen-bond donors (Lipinski definition) is 1. The van der Waals surface area contributed by atoms with Gasteiger partial charge in [0.2, 0.25) is 15.9 Å². The van der Waals surface area contributed by atoms with Crippen molar-refractivity contribution in [2.24, 2.45) is 0 Å². The lowest BCUT2D eigenvalue weighted by molar-refractivity contribution is -0.135. The fraction of sp³-hybridized carbons (Fsp3) is 0.391. The van der Waals surface area contributed by atoms with Crippen LogP contribution in [-0.4, -0.2) is 55.2 Å². The summed E-state index contributed by atoms with van der Waals surface area (Å²) in [5.74, 6) is -0.0935. The predicted molar refractivity (Wildman–Crippen MR) is 118 cm³/mol. The van der Waals surface area contributed by atoms with Crippen LogP contribution in [0.5, 0.6) is 5.75 Å². The summed E-state index contributed by atoms with van der Waals surface area (Å²) in [7, 11) is -3.92. The summed E-state index contributed by atoms with van der Waals surface area (Å²) in [6, 6.07) is 10.4. The highest BCUT2D eigenvalue weighted by molar-refractivity contribution is 7.89. The van der Waals surface area contributed by atoms with Gasteiger partial charge >= 0.3 is 0 Å². The fourth-order valence-corrected chi connectivity index (χ4v) is 6.66. The zero-order valence-electron chi connectivity index (χ0n) is 17.8. The van der Waals surface area contributed by atoms with Gasteiger partial charge in [-0.25, -0.2) is 8.42 Å². The van der Waals surface area contributed by atoms with Crippen molar-refractivity contribution in [3.63, 3.8) is 0 Å². The van der Waals surface area contributed by atoms with Crippen LogP contribution in [0, 0.1) is 6.92 Å². The predicted octanol–water partition coefficient (Wildman–Crippen LogP) is 2.06. The van der Waals surface area contributed by atoms with Crippen LogP contribution in [0.2, 0.25) is 0 Å². The topological polar surface area (TPSA) is 96.0 Å². The molecule has 2 amide bonds. The van der Waals surface area contributed by atoms with Crippen LogP contribution < -0.4 is 10.1 Å². The van der Waals surface area contributed by atoms with Gasteiger partial charge in [0, 0.05) is 25.7 Å². The van der Waals surface area contributed by atoms with Gasteiger partial charge in [-0.1, -0.05) is 24.3 Å². The molecule has 0 aromatic heterocycles. The van der Waals surface area contributed by atoms with Crippen molar-refractivity contribution in [1.82, 2.24) is 9.21 Å². The van der Waals surface area contributed by atoms with Crippen molar-refractivity contribution >= 4 is 27.5 Å². The lowest BCUT2D eigenvalue weighted by Crippen LogP contribution is -2.49. The number of sulfonamides is 1. The van der Waals surface area contributed by atoms with E-state index in [2.05, 4.69) is 11.4 Å². The molecule has 0 aliphatic carbocycles. The Morgan fingerprint density at radius 3 is 2.75 bits per heavy atom. The highest BCUT2D eigenvalue weighted by atomic mass is 32.2. The summed E-state index contributed by atoms with van der Waals surface area (Å²) in [5, 5.41) is 2.69. The molecule has 3 aliphatic rings. The Hall–Kier alpha value is -2.91. The Morgan fingerprint density at radius 2 is 1.94 bits per heavy atom. The van der Waals surface area contributed by atoms with Crippen molar-refractivity contribution in [3.05, 3.63) is 53.1 Å². The van der Waals surface area contributed by atoms with E-state index in [9.17, 15) is 18.0 Å². The van der Waals surface area contributed by atoms with E-state index in [0.29, 0.717) is 49.5 Å². The number of nitrogens with one attached hydrogen (secondary N) is 1. The smallest absolute Gasteiger partial charge is 0.262 e. The average molecular weight is 456 g/mol. The normalized spacial score (nSPS) is 20.8. The van der Waals surface area contributed by atoms with Gasteiger partial charge in [-0.3, -0.25) is 9.59 Å². The maximum atomic E-state index is 13.6. The molecule has 0 saturated carbocycles. The zero-order chi connectivity index (χ0) is 22.5. The number of amides is 2. The van der Waals surface area contributed by atoms with Gasteiger partial charge in [0.05, 0.1) is 10.6 Å². The number of hydrogen-bond acceptors (Lipinski definition) is 5. The van der Waals surface area contributed by atoms with Crippen LogP contribution in [0.3, 0.4) is 0 Å². The SMILES string of the molecule is Cc1cc2c(cc1S(=O)(=O)N1CCC[C@H]1C(=O)N1CCc3ccccc3C1)OCC(=O)N2. The van der Waals surface area contributed by atoms with Gasteiger partial charge < -0.3 is 15.0 Å². The third kappa shape index (κ3) is 3.55. The quantitative estimate of drug-likeness (QED) is 0.764. The summed E-state index contributed by atoms with van der Waals surface area (Å²) in [4.78, 5) is 26.9. The molecule has 5 rings (SSSR count). The summed E-state index contributed by atoms with van der Waals surface area (Å²) in [6.07, 6.45) is 1.91. The first-order valence-corrected chi connectivity index (χ1v) is 12.2. The minimum atomic E-state index is -3.92. The molecule has 1 saturated heterocycles. The zero-order valence-corrected chi connectivity index (χ0v) is 18.7. The van der Waals surface area contributed by atoms with Crippen LogP contribution in [0.4, 0.5) is 5.69 Å². The number of rotatable bonds is 3. The Labute approximate surface area is 187 Å². The van der Waals surface area contributed by atoms with Crippen molar-refractivity contribution in [3.8, 4) is 5.75 Å². The molecule has 2 aromatic rings. The van der Waals surface area contributed by atoms with Gasteiger partial charge in [-0.15, -0.1) is 0 Å². The van der Waals surface area contributed by atoms with Gasteiger partial charge in [-0.05, 0) is 48.9 Å². The summed E-state index contributed by atoms with van der Waals surface area (Å²) < 4.78 is 34.0. The Morgan fingerprint density at radius 1 is 1.16 bits per heavy atom. The summed E-state index contributed by atoms with van der Waals surface area (Å²) in [5.41, 5.74) is 3.31. The molecule has 1 atom stereocenters. The van der Waals surface area contributed by atoms with E-state index in [1.807, 2.05) is 18.2 Å². The first-order valence-electron chi connectivity index (χ1n) is 10.8. The number of benzene rings is 2. The molecule has 0 unspecified atom stereocenters. The second-order valence-electron chi connectivity index (χ2n) is 8.50. The Bertz CT molecular complexity index is 1210. The van der Waals surface area contributed by atoms with E-state index in [4.69, 9.17) is 4.74 Å². The van der Waals surface area contributed by atoms with E-state index >= 15 is 0 Å². The van der Waals surface area contributed by atoms with E-state index in [1.54, 1.807) is 17.9 Å². The second kappa shape index (κ2) is 7.90. The number of carbonyl (C=O) groups is 2. The molecule has 3 aliphatic heterocycles. The standard InChI is InChI=1S/C23H25N3O5S/c1-15-11-18-20(31-14-22(27)24-18)12-21(15)32(29,30)26-9-4-7-19(26)23(28)25-10-8-16-5-2-3-6-17(16)13-25/h2-3,5-6,11-12,19H,4,7-10,13-14H2,1H3,(H,24,27)/t19-/m0/s1. The molecule has 0 radical (unpaired) electrons. The highest BCUT2D eigenvalue weighted by Crippen LogP contribution is 2.36. The molecule has 9 heteroatoms. The number of fused-ring (bicyclic) bond motifs is 2. The average Bonchev–Trinajstić information content (AvgIpc) is 3.28. The number of ether oxygens (including phenoxy) is 1. The third-order valence-corrected chi connectivity index (χ3v) is 8.48. The molecule has 168 valence electrons. The molecule has 8 nitrogen and oxygen atoms in total. The number of carbonyl (C=O) groups excluding carboxylic acids is 2. The van der Waals surface area contributed by atoms with Crippen molar-refractivity contribution in [1.29, 1.82) is 0 Å². The molecule has 32 heavy (non-hydrogen) atoms. The first-order chi connectivity index (χ1) is 15.3. The fourth-order valence-electron chi connectivity index (χ4n) is 4.79. The molecule has 0 spiro atoms. The summed E-state index contributed by atoms with van der Waals surface area (Å²) >= 11 is 0. The molecule has 3 heterocycles. The number of anilines is 1. The monoisotopic (exact) mass is 455 g/mol. The van der Waals surface area contributed by atoms with E-state index in [-0.39, 0.29) is 23.3 Å². The number of aryl methyl sites for hydroxylation is 1. The van der Waals surface area contributed by atoms with Crippen LogP contribution >= 0.6 is 0 Å². The van der Waals surface area contributed by atoms with E-state index < -0.39 is 16.1 Å². The summed E-state index contributed by atoms with van der Waals surface area (Å²) in [6.45, 7) is 2.92. The molecular formula is C23H25N3O5S. The van der Waals surface area contributed by atoms with Crippen LogP contribution in [0.15, 0.2) is 41.3 Å². The lowest BCUT2D eigenvalue weighted by atomic mass is 9.99. The van der Waals surface area contributed by atoms with E-state index in [0.717, 1.165) is 12.0 Å². The van der Waals surface area contributed by atoms with Crippen molar-refractivity contribution in [2.75, 3.05) is 25.0 Å². The number of nitrogens with zero attached hydrogens (tertiary/aromatic N) is 2. The maximum absolute atomic E-state index is 13.6. The molecular weight excluding hydrogens is 430 g/mol. The molecule has 1 N–H and O–H groups in total. The largest absolute Gasteiger partial charge is 0.482 e. The Kier molecular flexibility index (Phi) is 5.17. The molecule has 1 fully saturated rings. The van der Waals surface area contributed by atoms with Gasteiger partial charge in [-0.2, -0.15) is 4.31 Å². The minimum Gasteiger partial charge on any atom is -0.482 e. The highest BCUT2D eigenvalue weighted by Gasteiger charge is 2.42.